The third-order valence-corrected chi connectivity index (χ3v) is 5.07. The van der Waals surface area contributed by atoms with E-state index in [9.17, 15) is 9.59 Å². The highest BCUT2D eigenvalue weighted by atomic mass is 16.5. The van der Waals surface area contributed by atoms with Crippen LogP contribution in [0.15, 0.2) is 73.1 Å². The number of ether oxygens (including phenoxy) is 1. The third kappa shape index (κ3) is 4.19. The summed E-state index contributed by atoms with van der Waals surface area (Å²) in [5, 5.41) is 5.39. The SMILES string of the molecule is COc1cccc(-c2cccc(C(=O)Nc3nc4c(C(=O)Nc5ncc[nH]5)cccc4[nH]3)n2)c1. The number of hydrogen-bond donors (Lipinski definition) is 4. The topological polar surface area (TPSA) is 138 Å². The molecule has 5 aromatic rings. The van der Waals surface area contributed by atoms with Gasteiger partial charge >= 0.3 is 0 Å². The summed E-state index contributed by atoms with van der Waals surface area (Å²) in [5.41, 5.74) is 3.03. The van der Waals surface area contributed by atoms with Gasteiger partial charge in [-0.1, -0.05) is 24.3 Å². The van der Waals surface area contributed by atoms with E-state index in [1.54, 1.807) is 43.6 Å². The van der Waals surface area contributed by atoms with Crippen LogP contribution in [0.25, 0.3) is 22.3 Å². The number of aromatic nitrogens is 5. The Bertz CT molecular complexity index is 1490. The highest BCUT2D eigenvalue weighted by Gasteiger charge is 2.17. The molecule has 0 unspecified atom stereocenters. The molecule has 0 radical (unpaired) electrons. The smallest absolute Gasteiger partial charge is 0.276 e. The summed E-state index contributed by atoms with van der Waals surface area (Å²) in [6, 6.07) is 17.8. The number of fused-ring (bicyclic) bond motifs is 1. The number of carbonyl (C=O) groups is 2. The van der Waals surface area contributed by atoms with Crippen LogP contribution in [-0.2, 0) is 0 Å². The zero-order chi connectivity index (χ0) is 23.5. The number of H-pyrrole nitrogens is 2. The molecule has 0 aliphatic heterocycles. The number of nitrogens with zero attached hydrogens (tertiary/aromatic N) is 3. The maximum atomic E-state index is 12.9. The maximum Gasteiger partial charge on any atom is 0.276 e. The number of carbonyl (C=O) groups excluding carboxylic acids is 2. The number of methoxy groups -OCH3 is 1. The molecule has 34 heavy (non-hydrogen) atoms. The number of hydrogen-bond acceptors (Lipinski definition) is 6. The van der Waals surface area contributed by atoms with Crippen molar-refractivity contribution in [3.05, 3.63) is 84.3 Å². The number of pyridine rings is 1. The molecule has 0 fully saturated rings. The molecule has 5 rings (SSSR count). The summed E-state index contributed by atoms with van der Waals surface area (Å²) >= 11 is 0. The molecule has 0 aliphatic carbocycles. The highest BCUT2D eigenvalue weighted by Crippen LogP contribution is 2.23. The van der Waals surface area contributed by atoms with Crippen LogP contribution < -0.4 is 15.4 Å². The maximum absolute atomic E-state index is 12.9. The van der Waals surface area contributed by atoms with Crippen molar-refractivity contribution < 1.29 is 14.3 Å². The molecule has 0 aliphatic rings. The van der Waals surface area contributed by atoms with E-state index in [0.717, 1.165) is 5.56 Å². The fourth-order valence-corrected chi connectivity index (χ4v) is 3.46. The normalized spacial score (nSPS) is 10.7. The van der Waals surface area contributed by atoms with Crippen molar-refractivity contribution in [1.82, 2.24) is 24.9 Å². The molecule has 0 saturated heterocycles. The molecule has 2 aromatic carbocycles. The summed E-state index contributed by atoms with van der Waals surface area (Å²) in [7, 11) is 1.59. The molecule has 0 saturated carbocycles. The Balaban J connectivity index is 1.38. The molecule has 0 bridgehead atoms. The Morgan fingerprint density at radius 2 is 1.74 bits per heavy atom. The lowest BCUT2D eigenvalue weighted by Crippen LogP contribution is -2.15. The number of imidazole rings is 2. The number of benzene rings is 2. The Kier molecular flexibility index (Phi) is 5.45. The van der Waals surface area contributed by atoms with E-state index in [0.29, 0.717) is 34.0 Å². The van der Waals surface area contributed by atoms with Crippen molar-refractivity contribution in [2.45, 2.75) is 0 Å². The lowest BCUT2D eigenvalue weighted by atomic mass is 10.1. The monoisotopic (exact) mass is 453 g/mol. The van der Waals surface area contributed by atoms with Gasteiger partial charge in [0.1, 0.15) is 17.0 Å². The van der Waals surface area contributed by atoms with Gasteiger partial charge in [-0.05, 0) is 36.4 Å². The lowest BCUT2D eigenvalue weighted by molar-refractivity contribution is 0.101. The predicted molar refractivity (Wildman–Crippen MR) is 127 cm³/mol. The minimum absolute atomic E-state index is 0.201. The lowest BCUT2D eigenvalue weighted by Gasteiger charge is -2.06. The van der Waals surface area contributed by atoms with Crippen LogP contribution in [0.2, 0.25) is 0 Å². The molecule has 0 spiro atoms. The molecular weight excluding hydrogens is 434 g/mol. The quantitative estimate of drug-likeness (QED) is 0.308. The molecule has 2 amide bonds. The second-order valence-electron chi connectivity index (χ2n) is 7.27. The number of nitrogens with one attached hydrogen (secondary N) is 4. The number of anilines is 2. The highest BCUT2D eigenvalue weighted by molar-refractivity contribution is 6.11. The van der Waals surface area contributed by atoms with Gasteiger partial charge in [-0.2, -0.15) is 0 Å². The summed E-state index contributed by atoms with van der Waals surface area (Å²) in [6.45, 7) is 0. The van der Waals surface area contributed by atoms with Gasteiger partial charge in [0.15, 0.2) is 0 Å². The van der Waals surface area contributed by atoms with Crippen molar-refractivity contribution in [1.29, 1.82) is 0 Å². The molecule has 10 nitrogen and oxygen atoms in total. The van der Waals surface area contributed by atoms with Crippen LogP contribution in [0.1, 0.15) is 20.8 Å². The number of aromatic amines is 2. The first-order chi connectivity index (χ1) is 16.6. The van der Waals surface area contributed by atoms with Gasteiger partial charge in [0, 0.05) is 18.0 Å². The van der Waals surface area contributed by atoms with Crippen molar-refractivity contribution in [2.24, 2.45) is 0 Å². The molecule has 4 N–H and O–H groups in total. The van der Waals surface area contributed by atoms with Crippen LogP contribution in [-0.4, -0.2) is 43.8 Å². The first-order valence-electron chi connectivity index (χ1n) is 10.3. The van der Waals surface area contributed by atoms with Gasteiger partial charge in [-0.15, -0.1) is 0 Å². The minimum Gasteiger partial charge on any atom is -0.497 e. The standard InChI is InChI=1S/C24H19N7O3/c1-34-15-6-2-5-14(13-15)17-8-4-10-19(27-17)22(33)31-24-28-18-9-3-7-16(20(18)29-24)21(32)30-23-25-11-12-26-23/h2-13H,1H3,(H2,25,26,30,32)(H2,28,29,31,33). The summed E-state index contributed by atoms with van der Waals surface area (Å²) in [6.07, 6.45) is 3.14. The summed E-state index contributed by atoms with van der Waals surface area (Å²) < 4.78 is 5.26. The van der Waals surface area contributed by atoms with Crippen molar-refractivity contribution >= 4 is 34.7 Å². The minimum atomic E-state index is -0.439. The summed E-state index contributed by atoms with van der Waals surface area (Å²) in [4.78, 5) is 44.3. The first-order valence-corrected chi connectivity index (χ1v) is 10.3. The Hall–Kier alpha value is -4.99. The zero-order valence-corrected chi connectivity index (χ0v) is 18.0. The predicted octanol–water partition coefficient (Wildman–Crippen LogP) is 3.86. The van der Waals surface area contributed by atoms with E-state index in [1.165, 1.54) is 6.20 Å². The van der Waals surface area contributed by atoms with Crippen molar-refractivity contribution in [3.8, 4) is 17.0 Å². The molecule has 168 valence electrons. The molecule has 0 atom stereocenters. The average molecular weight is 453 g/mol. The van der Waals surface area contributed by atoms with E-state index in [4.69, 9.17) is 4.74 Å². The Labute approximate surface area is 193 Å². The van der Waals surface area contributed by atoms with Gasteiger partial charge in [-0.3, -0.25) is 20.2 Å². The zero-order valence-electron chi connectivity index (χ0n) is 18.0. The van der Waals surface area contributed by atoms with E-state index >= 15 is 0 Å². The second kappa shape index (κ2) is 8.87. The fourth-order valence-electron chi connectivity index (χ4n) is 3.46. The molecule has 3 heterocycles. The third-order valence-electron chi connectivity index (χ3n) is 5.07. The van der Waals surface area contributed by atoms with Gasteiger partial charge in [0.25, 0.3) is 11.8 Å². The van der Waals surface area contributed by atoms with Crippen LogP contribution in [0.3, 0.4) is 0 Å². The number of amides is 2. The second-order valence-corrected chi connectivity index (χ2v) is 7.27. The van der Waals surface area contributed by atoms with Crippen LogP contribution in [0, 0.1) is 0 Å². The van der Waals surface area contributed by atoms with Gasteiger partial charge in [-0.25, -0.2) is 15.0 Å². The molecular formula is C24H19N7O3. The Morgan fingerprint density at radius 3 is 2.56 bits per heavy atom. The Morgan fingerprint density at radius 1 is 0.912 bits per heavy atom. The summed E-state index contributed by atoms with van der Waals surface area (Å²) in [5.74, 6) is 0.409. The first kappa shape index (κ1) is 20.9. The van der Waals surface area contributed by atoms with E-state index < -0.39 is 5.91 Å². The van der Waals surface area contributed by atoms with Crippen molar-refractivity contribution in [2.75, 3.05) is 17.7 Å². The van der Waals surface area contributed by atoms with E-state index in [1.807, 2.05) is 30.3 Å². The van der Waals surface area contributed by atoms with Crippen LogP contribution in [0.5, 0.6) is 5.75 Å². The van der Waals surface area contributed by atoms with Gasteiger partial charge in [0.05, 0.1) is 23.9 Å². The van der Waals surface area contributed by atoms with Gasteiger partial charge in [0.2, 0.25) is 11.9 Å². The van der Waals surface area contributed by atoms with Crippen LogP contribution >= 0.6 is 0 Å². The fraction of sp³-hybridized carbons (Fsp3) is 0.0417. The number of rotatable bonds is 6. The molecule has 3 aromatic heterocycles. The van der Waals surface area contributed by atoms with Gasteiger partial charge < -0.3 is 14.7 Å². The number of para-hydroxylation sites is 1. The molecule has 10 heteroatoms. The van der Waals surface area contributed by atoms with Crippen molar-refractivity contribution in [3.63, 3.8) is 0 Å². The average Bonchev–Trinajstić information content (AvgIpc) is 3.53. The van der Waals surface area contributed by atoms with E-state index in [2.05, 4.69) is 35.6 Å². The largest absolute Gasteiger partial charge is 0.497 e. The van der Waals surface area contributed by atoms with Crippen LogP contribution in [0.4, 0.5) is 11.9 Å². The van der Waals surface area contributed by atoms with E-state index in [-0.39, 0.29) is 17.5 Å².